The van der Waals surface area contributed by atoms with E-state index in [1.165, 1.54) is 12.3 Å². The Kier molecular flexibility index (Phi) is 6.56. The van der Waals surface area contributed by atoms with Gasteiger partial charge in [-0.15, -0.1) is 0 Å². The van der Waals surface area contributed by atoms with Gasteiger partial charge < -0.3 is 19.3 Å². The van der Waals surface area contributed by atoms with Crippen LogP contribution in [0, 0.1) is 5.82 Å². The van der Waals surface area contributed by atoms with Gasteiger partial charge >= 0.3 is 6.09 Å². The lowest BCUT2D eigenvalue weighted by molar-refractivity contribution is 0.149. The van der Waals surface area contributed by atoms with Crippen molar-refractivity contribution in [2.75, 3.05) is 37.7 Å². The molecule has 0 aliphatic carbocycles. The molecule has 0 N–H and O–H groups in total. The zero-order valence-electron chi connectivity index (χ0n) is 17.0. The van der Waals surface area contributed by atoms with E-state index in [2.05, 4.69) is 9.97 Å². The molecule has 1 aliphatic heterocycles. The number of ether oxygens (including phenoxy) is 2. The first kappa shape index (κ1) is 20.6. The fraction of sp³-hybridized carbons (Fsp3) is 0.261. The third-order valence-electron chi connectivity index (χ3n) is 5.01. The average molecular weight is 422 g/mol. The van der Waals surface area contributed by atoms with Gasteiger partial charge in [0.05, 0.1) is 12.8 Å². The zero-order chi connectivity index (χ0) is 21.5. The fourth-order valence-corrected chi connectivity index (χ4v) is 3.28. The molecule has 3 heterocycles. The number of aromatic nitrogens is 2. The topological polar surface area (TPSA) is 67.8 Å². The SMILES string of the molecule is O=C(Oc1ccc(CCOc2ccncc2)cc1)N1CCN(c2ccc(F)cn2)CC1. The van der Waals surface area contributed by atoms with Crippen LogP contribution in [-0.2, 0) is 6.42 Å². The summed E-state index contributed by atoms with van der Waals surface area (Å²) in [6.07, 6.45) is 4.96. The van der Waals surface area contributed by atoms with Gasteiger partial charge in [0.1, 0.15) is 23.1 Å². The molecule has 0 radical (unpaired) electrons. The Morgan fingerprint density at radius 2 is 1.68 bits per heavy atom. The summed E-state index contributed by atoms with van der Waals surface area (Å²) in [5, 5.41) is 0. The van der Waals surface area contributed by atoms with Crippen molar-refractivity contribution in [3.8, 4) is 11.5 Å². The molecule has 1 saturated heterocycles. The van der Waals surface area contributed by atoms with Crippen LogP contribution in [0.3, 0.4) is 0 Å². The smallest absolute Gasteiger partial charge is 0.415 e. The van der Waals surface area contributed by atoms with E-state index in [0.29, 0.717) is 44.4 Å². The van der Waals surface area contributed by atoms with Crippen molar-refractivity contribution in [1.29, 1.82) is 0 Å². The highest BCUT2D eigenvalue weighted by atomic mass is 19.1. The van der Waals surface area contributed by atoms with Crippen molar-refractivity contribution in [1.82, 2.24) is 14.9 Å². The third-order valence-corrected chi connectivity index (χ3v) is 5.01. The van der Waals surface area contributed by atoms with Gasteiger partial charge in [0, 0.05) is 45.0 Å². The second-order valence-electron chi connectivity index (χ2n) is 7.10. The van der Waals surface area contributed by atoms with E-state index in [1.54, 1.807) is 35.5 Å². The molecular weight excluding hydrogens is 399 g/mol. The van der Waals surface area contributed by atoms with Crippen molar-refractivity contribution >= 4 is 11.9 Å². The maximum atomic E-state index is 13.0. The van der Waals surface area contributed by atoms with Gasteiger partial charge in [-0.3, -0.25) is 4.98 Å². The maximum absolute atomic E-state index is 13.0. The van der Waals surface area contributed by atoms with Crippen LogP contribution in [0.2, 0.25) is 0 Å². The van der Waals surface area contributed by atoms with Crippen LogP contribution in [-0.4, -0.2) is 53.7 Å². The number of nitrogens with zero attached hydrogens (tertiary/aromatic N) is 4. The summed E-state index contributed by atoms with van der Waals surface area (Å²) in [5.41, 5.74) is 1.09. The third kappa shape index (κ3) is 5.69. The fourth-order valence-electron chi connectivity index (χ4n) is 3.28. The molecule has 1 amide bonds. The number of pyridine rings is 2. The zero-order valence-corrected chi connectivity index (χ0v) is 17.0. The summed E-state index contributed by atoms with van der Waals surface area (Å²) >= 11 is 0. The summed E-state index contributed by atoms with van der Waals surface area (Å²) in [5.74, 6) is 1.64. The molecule has 1 fully saturated rings. The van der Waals surface area contributed by atoms with E-state index in [9.17, 15) is 9.18 Å². The second kappa shape index (κ2) is 9.88. The lowest BCUT2D eigenvalue weighted by Gasteiger charge is -2.34. The number of halogens is 1. The normalized spacial score (nSPS) is 13.7. The molecule has 3 aromatic rings. The molecule has 1 aromatic carbocycles. The summed E-state index contributed by atoms with van der Waals surface area (Å²) in [4.78, 5) is 24.2. The molecule has 31 heavy (non-hydrogen) atoms. The monoisotopic (exact) mass is 422 g/mol. The maximum Gasteiger partial charge on any atom is 0.415 e. The van der Waals surface area contributed by atoms with Crippen LogP contribution in [0.15, 0.2) is 67.1 Å². The van der Waals surface area contributed by atoms with Crippen LogP contribution in [0.4, 0.5) is 15.0 Å². The number of anilines is 1. The van der Waals surface area contributed by atoms with Gasteiger partial charge in [-0.2, -0.15) is 0 Å². The van der Waals surface area contributed by atoms with Crippen molar-refractivity contribution in [3.05, 3.63) is 78.5 Å². The van der Waals surface area contributed by atoms with E-state index in [4.69, 9.17) is 9.47 Å². The standard InChI is InChI=1S/C23H23FN4O3/c24-19-3-6-22(26-17-19)27-12-14-28(15-13-27)23(29)31-21-4-1-18(2-5-21)9-16-30-20-7-10-25-11-8-20/h1-8,10-11,17H,9,12-16H2. The summed E-state index contributed by atoms with van der Waals surface area (Å²) in [7, 11) is 0. The lowest BCUT2D eigenvalue weighted by atomic mass is 10.1. The van der Waals surface area contributed by atoms with Crippen LogP contribution in [0.1, 0.15) is 5.56 Å². The summed E-state index contributed by atoms with van der Waals surface area (Å²) in [6, 6.07) is 14.1. The molecule has 2 aromatic heterocycles. The minimum atomic E-state index is -0.375. The van der Waals surface area contributed by atoms with Crippen LogP contribution in [0.25, 0.3) is 0 Å². The quantitative estimate of drug-likeness (QED) is 0.605. The van der Waals surface area contributed by atoms with E-state index in [1.807, 2.05) is 29.2 Å². The van der Waals surface area contributed by atoms with E-state index in [-0.39, 0.29) is 11.9 Å². The Labute approximate surface area is 180 Å². The van der Waals surface area contributed by atoms with Gasteiger partial charge in [-0.1, -0.05) is 12.1 Å². The Morgan fingerprint density at radius 1 is 0.935 bits per heavy atom. The predicted molar refractivity (Wildman–Crippen MR) is 114 cm³/mol. The van der Waals surface area contributed by atoms with Gasteiger partial charge in [-0.25, -0.2) is 14.2 Å². The second-order valence-corrected chi connectivity index (χ2v) is 7.10. The number of hydrogen-bond acceptors (Lipinski definition) is 6. The number of carbonyl (C=O) groups excluding carboxylic acids is 1. The molecule has 0 atom stereocenters. The minimum Gasteiger partial charge on any atom is -0.493 e. The lowest BCUT2D eigenvalue weighted by Crippen LogP contribution is -2.49. The highest BCUT2D eigenvalue weighted by molar-refractivity contribution is 5.71. The van der Waals surface area contributed by atoms with Crippen molar-refractivity contribution in [3.63, 3.8) is 0 Å². The number of rotatable bonds is 6. The molecule has 1 aliphatic rings. The molecule has 160 valence electrons. The van der Waals surface area contributed by atoms with Gasteiger partial charge in [0.15, 0.2) is 0 Å². The number of carbonyl (C=O) groups is 1. The number of piperazine rings is 1. The number of benzene rings is 1. The Balaban J connectivity index is 1.22. The van der Waals surface area contributed by atoms with E-state index in [0.717, 1.165) is 17.7 Å². The van der Waals surface area contributed by atoms with Crippen LogP contribution in [0.5, 0.6) is 11.5 Å². The van der Waals surface area contributed by atoms with Crippen molar-refractivity contribution < 1.29 is 18.7 Å². The molecule has 0 saturated carbocycles. The van der Waals surface area contributed by atoms with Gasteiger partial charge in [-0.05, 0) is 42.0 Å². The molecule has 0 bridgehead atoms. The van der Waals surface area contributed by atoms with Crippen LogP contribution < -0.4 is 14.4 Å². The van der Waals surface area contributed by atoms with E-state index < -0.39 is 0 Å². The predicted octanol–water partition coefficient (Wildman–Crippen LogP) is 3.56. The average Bonchev–Trinajstić information content (AvgIpc) is 2.81. The Bertz CT molecular complexity index is 976. The highest BCUT2D eigenvalue weighted by Gasteiger charge is 2.23. The Morgan fingerprint density at radius 3 is 2.35 bits per heavy atom. The highest BCUT2D eigenvalue weighted by Crippen LogP contribution is 2.17. The first-order valence-corrected chi connectivity index (χ1v) is 10.1. The molecular formula is C23H23FN4O3. The first-order chi connectivity index (χ1) is 15.2. The summed E-state index contributed by atoms with van der Waals surface area (Å²) < 4.78 is 24.2. The Hall–Kier alpha value is -3.68. The summed E-state index contributed by atoms with van der Waals surface area (Å²) in [6.45, 7) is 2.81. The molecule has 7 nitrogen and oxygen atoms in total. The first-order valence-electron chi connectivity index (χ1n) is 10.1. The molecule has 4 rings (SSSR count). The number of hydrogen-bond donors (Lipinski definition) is 0. The van der Waals surface area contributed by atoms with Crippen LogP contribution >= 0.6 is 0 Å². The van der Waals surface area contributed by atoms with Crippen molar-refractivity contribution in [2.24, 2.45) is 0 Å². The van der Waals surface area contributed by atoms with E-state index >= 15 is 0 Å². The minimum absolute atomic E-state index is 0.363. The number of amides is 1. The van der Waals surface area contributed by atoms with Gasteiger partial charge in [0.25, 0.3) is 0 Å². The molecule has 0 spiro atoms. The molecule has 0 unspecified atom stereocenters. The van der Waals surface area contributed by atoms with Crippen molar-refractivity contribution in [2.45, 2.75) is 6.42 Å². The van der Waals surface area contributed by atoms with Gasteiger partial charge in [0.2, 0.25) is 0 Å². The molecule has 8 heteroatoms. The largest absolute Gasteiger partial charge is 0.493 e.